The fourth-order valence-electron chi connectivity index (χ4n) is 1.41. The minimum absolute atomic E-state index is 0.375. The van der Waals surface area contributed by atoms with Crippen molar-refractivity contribution in [2.45, 2.75) is 13.3 Å². The van der Waals surface area contributed by atoms with Crippen LogP contribution >= 0.6 is 0 Å². The van der Waals surface area contributed by atoms with E-state index in [1.165, 1.54) is 6.07 Å². The van der Waals surface area contributed by atoms with Gasteiger partial charge >= 0.3 is 5.63 Å². The highest BCUT2D eigenvalue weighted by Crippen LogP contribution is 2.23. The van der Waals surface area contributed by atoms with Crippen molar-refractivity contribution >= 4 is 11.0 Å². The van der Waals surface area contributed by atoms with Crippen molar-refractivity contribution in [2.24, 2.45) is 0 Å². The zero-order chi connectivity index (χ0) is 10.7. The molecule has 1 aromatic heterocycles. The fraction of sp³-hybridized carbons (Fsp3) is 0.250. The molecule has 0 fully saturated rings. The molecule has 2 rings (SSSR count). The number of fused-ring (bicyclic) bond motifs is 1. The van der Waals surface area contributed by atoms with Crippen molar-refractivity contribution in [3.63, 3.8) is 0 Å². The molecule has 0 aliphatic carbocycles. The molecule has 0 saturated heterocycles. The Morgan fingerprint density at radius 2 is 2.13 bits per heavy atom. The lowest BCUT2D eigenvalue weighted by Crippen LogP contribution is -2.02. The van der Waals surface area contributed by atoms with Gasteiger partial charge in [-0.3, -0.25) is 0 Å². The highest BCUT2D eigenvalue weighted by molar-refractivity contribution is 5.82. The number of para-hydroxylation sites is 1. The molecule has 1 heterocycles. The van der Waals surface area contributed by atoms with Crippen molar-refractivity contribution < 1.29 is 9.15 Å². The zero-order valence-electron chi connectivity index (χ0n) is 8.53. The second kappa shape index (κ2) is 4.17. The fourth-order valence-corrected chi connectivity index (χ4v) is 1.41. The Balaban J connectivity index is 2.55. The third kappa shape index (κ3) is 2.01. The molecule has 0 unspecified atom stereocenters. The van der Waals surface area contributed by atoms with E-state index in [-0.39, 0.29) is 5.63 Å². The first kappa shape index (κ1) is 9.77. The molecule has 0 bridgehead atoms. The number of ether oxygens (including phenoxy) is 1. The average Bonchev–Trinajstić information content (AvgIpc) is 2.25. The standard InChI is InChI=1S/C12H12O3/c1-2-7-14-11-8-12(13)15-10-6-4-3-5-9(10)11/h3-6,8H,2,7H2,1H3. The highest BCUT2D eigenvalue weighted by Gasteiger charge is 2.04. The first-order valence-corrected chi connectivity index (χ1v) is 4.97. The van der Waals surface area contributed by atoms with Gasteiger partial charge in [0.05, 0.1) is 18.1 Å². The van der Waals surface area contributed by atoms with Crippen LogP contribution in [0.5, 0.6) is 5.75 Å². The largest absolute Gasteiger partial charge is 0.493 e. The third-order valence-electron chi connectivity index (χ3n) is 2.07. The van der Waals surface area contributed by atoms with Gasteiger partial charge in [-0.1, -0.05) is 19.1 Å². The van der Waals surface area contributed by atoms with Gasteiger partial charge in [0.2, 0.25) is 0 Å². The number of hydrogen-bond acceptors (Lipinski definition) is 3. The van der Waals surface area contributed by atoms with Gasteiger partial charge in [-0.05, 0) is 18.6 Å². The van der Waals surface area contributed by atoms with Crippen molar-refractivity contribution in [3.05, 3.63) is 40.8 Å². The minimum atomic E-state index is -0.375. The summed E-state index contributed by atoms with van der Waals surface area (Å²) >= 11 is 0. The lowest BCUT2D eigenvalue weighted by Gasteiger charge is -2.06. The third-order valence-corrected chi connectivity index (χ3v) is 2.07. The smallest absolute Gasteiger partial charge is 0.339 e. The van der Waals surface area contributed by atoms with Crippen LogP contribution < -0.4 is 10.4 Å². The molecule has 3 nitrogen and oxygen atoms in total. The van der Waals surface area contributed by atoms with Crippen molar-refractivity contribution in [2.75, 3.05) is 6.61 Å². The molecule has 2 aromatic rings. The monoisotopic (exact) mass is 204 g/mol. The second-order valence-corrected chi connectivity index (χ2v) is 3.27. The number of hydrogen-bond donors (Lipinski definition) is 0. The summed E-state index contributed by atoms with van der Waals surface area (Å²) in [6.07, 6.45) is 0.911. The maximum absolute atomic E-state index is 11.2. The Bertz CT molecular complexity index is 514. The van der Waals surface area contributed by atoms with E-state index in [1.54, 1.807) is 6.07 Å². The van der Waals surface area contributed by atoms with Gasteiger partial charge in [0.1, 0.15) is 11.3 Å². The molecule has 78 valence electrons. The van der Waals surface area contributed by atoms with E-state index < -0.39 is 0 Å². The zero-order valence-corrected chi connectivity index (χ0v) is 8.53. The molecular formula is C12H12O3. The molecule has 0 aliphatic rings. The highest BCUT2D eigenvalue weighted by atomic mass is 16.5. The summed E-state index contributed by atoms with van der Waals surface area (Å²) in [5.74, 6) is 0.601. The van der Waals surface area contributed by atoms with Crippen LogP contribution in [0.25, 0.3) is 11.0 Å². The van der Waals surface area contributed by atoms with Crippen LogP contribution in [0.4, 0.5) is 0 Å². The van der Waals surface area contributed by atoms with E-state index in [4.69, 9.17) is 9.15 Å². The molecule has 0 radical (unpaired) electrons. The summed E-state index contributed by atoms with van der Waals surface area (Å²) < 4.78 is 10.5. The van der Waals surface area contributed by atoms with Gasteiger partial charge in [-0.25, -0.2) is 4.79 Å². The van der Waals surface area contributed by atoms with E-state index >= 15 is 0 Å². The Morgan fingerprint density at radius 3 is 2.93 bits per heavy atom. The van der Waals surface area contributed by atoms with Crippen LogP contribution in [0, 0.1) is 0 Å². The summed E-state index contributed by atoms with van der Waals surface area (Å²) in [6, 6.07) is 8.74. The molecular weight excluding hydrogens is 192 g/mol. The van der Waals surface area contributed by atoms with Gasteiger partial charge in [0.15, 0.2) is 0 Å². The lowest BCUT2D eigenvalue weighted by molar-refractivity contribution is 0.318. The van der Waals surface area contributed by atoms with Crippen LogP contribution in [0.2, 0.25) is 0 Å². The summed E-state index contributed by atoms with van der Waals surface area (Å²) in [6.45, 7) is 2.63. The minimum Gasteiger partial charge on any atom is -0.493 e. The van der Waals surface area contributed by atoms with Crippen LogP contribution in [-0.2, 0) is 0 Å². The second-order valence-electron chi connectivity index (χ2n) is 3.27. The molecule has 0 amide bonds. The molecule has 0 saturated carbocycles. The Labute approximate surface area is 87.3 Å². The number of benzene rings is 1. The predicted molar refractivity (Wildman–Crippen MR) is 58.3 cm³/mol. The topological polar surface area (TPSA) is 39.4 Å². The van der Waals surface area contributed by atoms with E-state index in [2.05, 4.69) is 0 Å². The molecule has 0 aliphatic heterocycles. The molecule has 3 heteroatoms. The quantitative estimate of drug-likeness (QED) is 0.721. The maximum Gasteiger partial charge on any atom is 0.339 e. The Kier molecular flexibility index (Phi) is 2.72. The molecule has 15 heavy (non-hydrogen) atoms. The number of rotatable bonds is 3. The van der Waals surface area contributed by atoms with Gasteiger partial charge in [0.25, 0.3) is 0 Å². The van der Waals surface area contributed by atoms with Crippen LogP contribution in [0.1, 0.15) is 13.3 Å². The Morgan fingerprint density at radius 1 is 1.33 bits per heavy atom. The summed E-state index contributed by atoms with van der Waals surface area (Å²) in [7, 11) is 0. The Hall–Kier alpha value is -1.77. The lowest BCUT2D eigenvalue weighted by atomic mass is 10.2. The van der Waals surface area contributed by atoms with Crippen molar-refractivity contribution in [1.29, 1.82) is 0 Å². The van der Waals surface area contributed by atoms with Crippen molar-refractivity contribution in [1.82, 2.24) is 0 Å². The summed E-state index contributed by atoms with van der Waals surface area (Å²) in [5.41, 5.74) is 0.191. The predicted octanol–water partition coefficient (Wildman–Crippen LogP) is 2.58. The molecule has 1 aromatic carbocycles. The first-order chi connectivity index (χ1) is 7.31. The van der Waals surface area contributed by atoms with Crippen LogP contribution in [-0.4, -0.2) is 6.61 Å². The van der Waals surface area contributed by atoms with Gasteiger partial charge < -0.3 is 9.15 Å². The van der Waals surface area contributed by atoms with E-state index in [0.717, 1.165) is 11.8 Å². The van der Waals surface area contributed by atoms with E-state index in [9.17, 15) is 4.79 Å². The average molecular weight is 204 g/mol. The van der Waals surface area contributed by atoms with Crippen LogP contribution in [0.15, 0.2) is 39.5 Å². The van der Waals surface area contributed by atoms with Gasteiger partial charge in [-0.2, -0.15) is 0 Å². The molecule has 0 atom stereocenters. The first-order valence-electron chi connectivity index (χ1n) is 4.97. The van der Waals surface area contributed by atoms with Gasteiger partial charge in [0, 0.05) is 0 Å². The normalized spacial score (nSPS) is 10.5. The maximum atomic E-state index is 11.2. The molecule has 0 spiro atoms. The summed E-state index contributed by atoms with van der Waals surface area (Å²) in [4.78, 5) is 11.2. The van der Waals surface area contributed by atoms with E-state index in [1.807, 2.05) is 25.1 Å². The van der Waals surface area contributed by atoms with Gasteiger partial charge in [-0.15, -0.1) is 0 Å². The van der Waals surface area contributed by atoms with Crippen molar-refractivity contribution in [3.8, 4) is 5.75 Å². The van der Waals surface area contributed by atoms with Crippen LogP contribution in [0.3, 0.4) is 0 Å². The SMILES string of the molecule is CCCOc1cc(=O)oc2ccccc12. The van der Waals surface area contributed by atoms with E-state index in [0.29, 0.717) is 17.9 Å². The summed E-state index contributed by atoms with van der Waals surface area (Å²) in [5, 5.41) is 0.838. The molecule has 0 N–H and O–H groups in total.